The van der Waals surface area contributed by atoms with Gasteiger partial charge in [0.1, 0.15) is 0 Å². The highest BCUT2D eigenvalue weighted by atomic mass is 16.5. The first-order valence-corrected chi connectivity index (χ1v) is 6.30. The van der Waals surface area contributed by atoms with E-state index in [4.69, 9.17) is 9.47 Å². The van der Waals surface area contributed by atoms with Gasteiger partial charge in [-0.25, -0.2) is 0 Å². The van der Waals surface area contributed by atoms with Crippen LogP contribution in [0, 0.1) is 5.92 Å². The van der Waals surface area contributed by atoms with Crippen molar-refractivity contribution in [3.63, 3.8) is 0 Å². The Kier molecular flexibility index (Phi) is 8.46. The molecule has 0 N–H and O–H groups in total. The van der Waals surface area contributed by atoms with E-state index in [1.165, 1.54) is 0 Å². The highest BCUT2D eigenvalue weighted by molar-refractivity contribution is 5.77. The van der Waals surface area contributed by atoms with E-state index in [9.17, 15) is 9.59 Å². The summed E-state index contributed by atoms with van der Waals surface area (Å²) in [6, 6.07) is 0. The summed E-state index contributed by atoms with van der Waals surface area (Å²) >= 11 is 0. The molecule has 1 atom stereocenters. The average Bonchev–Trinajstić information content (AvgIpc) is 2.24. The topological polar surface area (TPSA) is 52.6 Å². The Labute approximate surface area is 104 Å². The zero-order chi connectivity index (χ0) is 13.3. The smallest absolute Gasteiger partial charge is 0.306 e. The lowest BCUT2D eigenvalue weighted by Crippen LogP contribution is -2.17. The molecule has 0 aromatic carbocycles. The normalized spacial score (nSPS) is 12.3. The Balaban J connectivity index is 3.67. The number of carbonyl (C=O) groups excluding carboxylic acids is 2. The molecule has 1 unspecified atom stereocenters. The van der Waals surface area contributed by atoms with Crippen LogP contribution in [0.3, 0.4) is 0 Å². The minimum absolute atomic E-state index is 0.0768. The van der Waals surface area contributed by atoms with Crippen LogP contribution in [0.5, 0.6) is 0 Å². The van der Waals surface area contributed by atoms with Crippen LogP contribution in [0.2, 0.25) is 0 Å². The first-order chi connectivity index (χ1) is 7.95. The molecule has 0 aromatic heterocycles. The summed E-state index contributed by atoms with van der Waals surface area (Å²) in [6.07, 6.45) is 2.02. The van der Waals surface area contributed by atoms with E-state index in [2.05, 4.69) is 13.8 Å². The minimum atomic E-state index is -0.348. The van der Waals surface area contributed by atoms with Gasteiger partial charge in [-0.1, -0.05) is 13.8 Å². The molecule has 4 heteroatoms. The fraction of sp³-hybridized carbons (Fsp3) is 0.846. The lowest BCUT2D eigenvalue weighted by molar-refractivity contribution is -0.153. The SMILES string of the molecule is CCOC(=O)CCC(=O)OC(C)CCC(C)C. The molecular weight excluding hydrogens is 220 g/mol. The van der Waals surface area contributed by atoms with E-state index in [-0.39, 0.29) is 30.9 Å². The molecule has 0 aromatic rings. The molecule has 0 radical (unpaired) electrons. The lowest BCUT2D eigenvalue weighted by atomic mass is 10.1. The van der Waals surface area contributed by atoms with Crippen LogP contribution in [-0.2, 0) is 19.1 Å². The van der Waals surface area contributed by atoms with E-state index >= 15 is 0 Å². The number of ether oxygens (including phenoxy) is 2. The van der Waals surface area contributed by atoms with Gasteiger partial charge in [0.2, 0.25) is 0 Å². The van der Waals surface area contributed by atoms with Crippen molar-refractivity contribution >= 4 is 11.9 Å². The summed E-state index contributed by atoms with van der Waals surface area (Å²) in [5.41, 5.74) is 0. The third-order valence-corrected chi connectivity index (χ3v) is 2.32. The van der Waals surface area contributed by atoms with Gasteiger partial charge in [0.05, 0.1) is 25.6 Å². The van der Waals surface area contributed by atoms with E-state index < -0.39 is 0 Å². The standard InChI is InChI=1S/C13H24O4/c1-5-16-12(14)8-9-13(15)17-11(4)7-6-10(2)3/h10-11H,5-9H2,1-4H3. The maximum absolute atomic E-state index is 11.4. The zero-order valence-corrected chi connectivity index (χ0v) is 11.3. The van der Waals surface area contributed by atoms with Crippen molar-refractivity contribution in [1.82, 2.24) is 0 Å². The summed E-state index contributed by atoms with van der Waals surface area (Å²) in [7, 11) is 0. The molecule has 0 saturated carbocycles. The van der Waals surface area contributed by atoms with Crippen LogP contribution in [-0.4, -0.2) is 24.6 Å². The molecule has 0 heterocycles. The second-order valence-corrected chi connectivity index (χ2v) is 4.58. The van der Waals surface area contributed by atoms with E-state index in [0.29, 0.717) is 12.5 Å². The summed E-state index contributed by atoms with van der Waals surface area (Å²) in [4.78, 5) is 22.4. The second-order valence-electron chi connectivity index (χ2n) is 4.58. The maximum atomic E-state index is 11.4. The molecule has 0 aliphatic carbocycles. The third kappa shape index (κ3) is 9.85. The lowest BCUT2D eigenvalue weighted by Gasteiger charge is -2.14. The molecule has 0 spiro atoms. The predicted molar refractivity (Wildman–Crippen MR) is 65.5 cm³/mol. The van der Waals surface area contributed by atoms with Crippen LogP contribution in [0.1, 0.15) is 53.4 Å². The fourth-order valence-corrected chi connectivity index (χ4v) is 1.35. The van der Waals surface area contributed by atoms with Gasteiger partial charge in [-0.2, -0.15) is 0 Å². The Morgan fingerprint density at radius 2 is 1.59 bits per heavy atom. The van der Waals surface area contributed by atoms with E-state index in [1.54, 1.807) is 6.92 Å². The second kappa shape index (κ2) is 9.02. The quantitative estimate of drug-likeness (QED) is 0.616. The number of hydrogen-bond acceptors (Lipinski definition) is 4. The first kappa shape index (κ1) is 15.9. The molecule has 0 aliphatic rings. The number of esters is 2. The molecule has 0 saturated heterocycles. The molecule has 0 aliphatic heterocycles. The van der Waals surface area contributed by atoms with Crippen LogP contribution >= 0.6 is 0 Å². The van der Waals surface area contributed by atoms with Crippen molar-refractivity contribution in [2.45, 2.75) is 59.5 Å². The van der Waals surface area contributed by atoms with Gasteiger partial charge >= 0.3 is 11.9 Å². The Bertz CT molecular complexity index is 236. The van der Waals surface area contributed by atoms with E-state index in [1.807, 2.05) is 6.92 Å². The number of rotatable bonds is 8. The Hall–Kier alpha value is -1.06. The summed E-state index contributed by atoms with van der Waals surface area (Å²) in [5, 5.41) is 0. The van der Waals surface area contributed by atoms with Crippen molar-refractivity contribution in [3.05, 3.63) is 0 Å². The van der Waals surface area contributed by atoms with Crippen molar-refractivity contribution in [3.8, 4) is 0 Å². The summed E-state index contributed by atoms with van der Waals surface area (Å²) in [5.74, 6) is -0.0655. The van der Waals surface area contributed by atoms with Crippen LogP contribution in [0.25, 0.3) is 0 Å². The van der Waals surface area contributed by atoms with Gasteiger partial charge in [0.25, 0.3) is 0 Å². The first-order valence-electron chi connectivity index (χ1n) is 6.30. The monoisotopic (exact) mass is 244 g/mol. The molecule has 0 bridgehead atoms. The van der Waals surface area contributed by atoms with Gasteiger partial charge in [-0.15, -0.1) is 0 Å². The molecule has 4 nitrogen and oxygen atoms in total. The van der Waals surface area contributed by atoms with Gasteiger partial charge < -0.3 is 9.47 Å². The molecule has 0 rings (SSSR count). The summed E-state index contributed by atoms with van der Waals surface area (Å²) in [6.45, 7) is 8.23. The minimum Gasteiger partial charge on any atom is -0.466 e. The van der Waals surface area contributed by atoms with Crippen LogP contribution < -0.4 is 0 Å². The molecule has 17 heavy (non-hydrogen) atoms. The highest BCUT2D eigenvalue weighted by Gasteiger charge is 2.12. The van der Waals surface area contributed by atoms with Gasteiger partial charge in [0, 0.05) is 0 Å². The van der Waals surface area contributed by atoms with Crippen molar-refractivity contribution in [2.75, 3.05) is 6.61 Å². The third-order valence-electron chi connectivity index (χ3n) is 2.32. The maximum Gasteiger partial charge on any atom is 0.306 e. The highest BCUT2D eigenvalue weighted by Crippen LogP contribution is 2.10. The summed E-state index contributed by atoms with van der Waals surface area (Å²) < 4.78 is 9.91. The predicted octanol–water partition coefficient (Wildman–Crippen LogP) is 2.70. The Morgan fingerprint density at radius 1 is 1.00 bits per heavy atom. The largest absolute Gasteiger partial charge is 0.466 e. The van der Waals surface area contributed by atoms with Gasteiger partial charge in [-0.3, -0.25) is 9.59 Å². The number of carbonyl (C=O) groups is 2. The molecule has 0 fully saturated rings. The Morgan fingerprint density at radius 3 is 2.12 bits per heavy atom. The van der Waals surface area contributed by atoms with Crippen LogP contribution in [0.15, 0.2) is 0 Å². The van der Waals surface area contributed by atoms with E-state index in [0.717, 1.165) is 12.8 Å². The zero-order valence-electron chi connectivity index (χ0n) is 11.3. The number of hydrogen-bond donors (Lipinski definition) is 0. The van der Waals surface area contributed by atoms with Gasteiger partial charge in [-0.05, 0) is 32.6 Å². The molecule has 0 amide bonds. The van der Waals surface area contributed by atoms with Crippen LogP contribution in [0.4, 0.5) is 0 Å². The van der Waals surface area contributed by atoms with Gasteiger partial charge in [0.15, 0.2) is 0 Å². The molecular formula is C13H24O4. The fourth-order valence-electron chi connectivity index (χ4n) is 1.35. The van der Waals surface area contributed by atoms with Crippen molar-refractivity contribution in [2.24, 2.45) is 5.92 Å². The average molecular weight is 244 g/mol. The molecule has 100 valence electrons. The van der Waals surface area contributed by atoms with Crippen molar-refractivity contribution in [1.29, 1.82) is 0 Å². The van der Waals surface area contributed by atoms with Crippen molar-refractivity contribution < 1.29 is 19.1 Å².